The van der Waals surface area contributed by atoms with E-state index in [0.717, 1.165) is 16.6 Å². The summed E-state index contributed by atoms with van der Waals surface area (Å²) in [6.45, 7) is 1.95. The molecule has 5 rings (SSSR count). The number of aromatic nitrogens is 6. The van der Waals surface area contributed by atoms with Crippen LogP contribution in [-0.4, -0.2) is 48.4 Å². The molecular formula is C26H22N6O2S. The van der Waals surface area contributed by atoms with Gasteiger partial charge in [0.25, 0.3) is 0 Å². The standard InChI is InChI=1S/C26H22N6O2S/c1-16-23(18-14-17(34-3)10-11-21(18)32(16)2)22(33)15-35-26-29-24(19-8-4-6-12-27-19)25(30-31-26)20-9-5-7-13-28-20/h4-14H,15H2,1-3H3. The van der Waals surface area contributed by atoms with Crippen molar-refractivity contribution in [1.82, 2.24) is 29.7 Å². The summed E-state index contributed by atoms with van der Waals surface area (Å²) in [6.07, 6.45) is 3.40. The third kappa shape index (κ3) is 4.38. The highest BCUT2D eigenvalue weighted by Gasteiger charge is 2.21. The molecule has 1 aromatic carbocycles. The second kappa shape index (κ2) is 9.63. The molecule has 174 valence electrons. The maximum atomic E-state index is 13.3. The van der Waals surface area contributed by atoms with E-state index in [2.05, 4.69) is 20.2 Å². The van der Waals surface area contributed by atoms with Crippen LogP contribution in [0, 0.1) is 6.92 Å². The van der Waals surface area contributed by atoms with Crippen molar-refractivity contribution in [3.8, 4) is 28.5 Å². The molecule has 0 saturated heterocycles. The number of ketones is 1. The molecule has 8 nitrogen and oxygen atoms in total. The zero-order valence-electron chi connectivity index (χ0n) is 19.5. The molecular weight excluding hydrogens is 460 g/mol. The number of fused-ring (bicyclic) bond motifs is 1. The number of carbonyl (C=O) groups excluding carboxylic acids is 1. The summed E-state index contributed by atoms with van der Waals surface area (Å²) in [7, 11) is 3.57. The first-order valence-corrected chi connectivity index (χ1v) is 11.9. The van der Waals surface area contributed by atoms with Gasteiger partial charge in [-0.25, -0.2) is 4.98 Å². The van der Waals surface area contributed by atoms with E-state index in [-0.39, 0.29) is 11.5 Å². The van der Waals surface area contributed by atoms with Crippen molar-refractivity contribution in [1.29, 1.82) is 0 Å². The lowest BCUT2D eigenvalue weighted by Crippen LogP contribution is -2.07. The molecule has 9 heteroatoms. The summed E-state index contributed by atoms with van der Waals surface area (Å²) < 4.78 is 7.39. The smallest absolute Gasteiger partial charge is 0.210 e. The summed E-state index contributed by atoms with van der Waals surface area (Å²) in [5, 5.41) is 9.95. The second-order valence-electron chi connectivity index (χ2n) is 7.84. The maximum absolute atomic E-state index is 13.3. The lowest BCUT2D eigenvalue weighted by molar-refractivity contribution is 0.102. The Hall–Kier alpha value is -4.11. The van der Waals surface area contributed by atoms with Gasteiger partial charge in [0.1, 0.15) is 17.1 Å². The van der Waals surface area contributed by atoms with Crippen molar-refractivity contribution in [3.63, 3.8) is 0 Å². The molecule has 0 aliphatic carbocycles. The summed E-state index contributed by atoms with van der Waals surface area (Å²) in [5.74, 6) is 0.870. The van der Waals surface area contributed by atoms with Crippen LogP contribution in [0.2, 0.25) is 0 Å². The van der Waals surface area contributed by atoms with Crippen molar-refractivity contribution < 1.29 is 9.53 Å². The zero-order chi connectivity index (χ0) is 24.4. The lowest BCUT2D eigenvalue weighted by Gasteiger charge is -2.08. The van der Waals surface area contributed by atoms with E-state index < -0.39 is 0 Å². The molecule has 0 atom stereocenters. The number of hydrogen-bond donors (Lipinski definition) is 0. The Morgan fingerprint density at radius 3 is 2.34 bits per heavy atom. The molecule has 0 bridgehead atoms. The number of aryl methyl sites for hydroxylation is 1. The average Bonchev–Trinajstić information content (AvgIpc) is 3.17. The SMILES string of the molecule is COc1ccc2c(c1)c(C(=O)CSc1nnc(-c3ccccn3)c(-c3ccccn3)n1)c(C)n2C. The number of benzene rings is 1. The molecule has 0 spiro atoms. The van der Waals surface area contributed by atoms with Gasteiger partial charge in [0.15, 0.2) is 5.78 Å². The number of nitrogens with zero attached hydrogens (tertiary/aromatic N) is 6. The molecule has 4 heterocycles. The molecule has 5 aromatic rings. The highest BCUT2D eigenvalue weighted by atomic mass is 32.2. The Labute approximate surface area is 206 Å². The highest BCUT2D eigenvalue weighted by molar-refractivity contribution is 7.99. The number of methoxy groups -OCH3 is 1. The van der Waals surface area contributed by atoms with E-state index in [1.165, 1.54) is 11.8 Å². The summed E-state index contributed by atoms with van der Waals surface area (Å²) in [4.78, 5) is 26.9. The number of Topliss-reactive ketones (excluding diaryl/α,β-unsaturated/α-hetero) is 1. The molecule has 0 aliphatic heterocycles. The van der Waals surface area contributed by atoms with Gasteiger partial charge in [0, 0.05) is 41.6 Å². The van der Waals surface area contributed by atoms with Crippen molar-refractivity contribution in [2.45, 2.75) is 12.1 Å². The second-order valence-corrected chi connectivity index (χ2v) is 8.78. The van der Waals surface area contributed by atoms with E-state index >= 15 is 0 Å². The molecule has 35 heavy (non-hydrogen) atoms. The van der Waals surface area contributed by atoms with Crippen LogP contribution < -0.4 is 4.74 Å². The Bertz CT molecular complexity index is 1520. The minimum Gasteiger partial charge on any atom is -0.497 e. The fourth-order valence-corrected chi connectivity index (χ4v) is 4.62. The van der Waals surface area contributed by atoms with Gasteiger partial charge in [-0.2, -0.15) is 0 Å². The van der Waals surface area contributed by atoms with Crippen LogP contribution in [0.15, 0.2) is 72.1 Å². The van der Waals surface area contributed by atoms with Crippen LogP contribution in [0.5, 0.6) is 5.75 Å². The molecule has 4 aromatic heterocycles. The van der Waals surface area contributed by atoms with Gasteiger partial charge < -0.3 is 9.30 Å². The molecule has 0 unspecified atom stereocenters. The topological polar surface area (TPSA) is 95.7 Å². The van der Waals surface area contributed by atoms with Gasteiger partial charge in [-0.05, 0) is 49.4 Å². The Morgan fingerprint density at radius 2 is 1.69 bits per heavy atom. The van der Waals surface area contributed by atoms with Crippen molar-refractivity contribution in [3.05, 3.63) is 78.2 Å². The van der Waals surface area contributed by atoms with Gasteiger partial charge in [-0.1, -0.05) is 23.9 Å². The normalized spacial score (nSPS) is 11.1. The third-order valence-electron chi connectivity index (χ3n) is 5.79. The maximum Gasteiger partial charge on any atom is 0.210 e. The Kier molecular flexibility index (Phi) is 6.24. The van der Waals surface area contributed by atoms with Crippen LogP contribution in [-0.2, 0) is 7.05 Å². The van der Waals surface area contributed by atoms with Crippen molar-refractivity contribution in [2.24, 2.45) is 7.05 Å². The quantitative estimate of drug-likeness (QED) is 0.242. The fraction of sp³-hybridized carbons (Fsp3) is 0.154. The first-order chi connectivity index (χ1) is 17.1. The molecule has 0 aliphatic rings. The predicted octanol–water partition coefficient (Wildman–Crippen LogP) is 4.78. The minimum atomic E-state index is -0.0110. The monoisotopic (exact) mass is 482 g/mol. The molecule has 0 radical (unpaired) electrons. The number of thioether (sulfide) groups is 1. The summed E-state index contributed by atoms with van der Waals surface area (Å²) in [5.41, 5.74) is 4.98. The van der Waals surface area contributed by atoms with Gasteiger partial charge in [-0.15, -0.1) is 10.2 Å². The molecule has 0 N–H and O–H groups in total. The number of hydrogen-bond acceptors (Lipinski definition) is 8. The number of rotatable bonds is 7. The van der Waals surface area contributed by atoms with Crippen LogP contribution in [0.25, 0.3) is 33.7 Å². The molecule has 0 fully saturated rings. The van der Waals surface area contributed by atoms with Gasteiger partial charge in [0.05, 0.1) is 24.3 Å². The van der Waals surface area contributed by atoms with E-state index in [9.17, 15) is 4.79 Å². The van der Waals surface area contributed by atoms with E-state index in [1.54, 1.807) is 19.5 Å². The first-order valence-electron chi connectivity index (χ1n) is 10.9. The average molecular weight is 483 g/mol. The molecule has 0 saturated carbocycles. The number of carbonyl (C=O) groups is 1. The van der Waals surface area contributed by atoms with Gasteiger partial charge >= 0.3 is 0 Å². The van der Waals surface area contributed by atoms with Crippen molar-refractivity contribution >= 4 is 28.4 Å². The molecule has 0 amide bonds. The Balaban J connectivity index is 1.47. The lowest BCUT2D eigenvalue weighted by atomic mass is 10.1. The summed E-state index contributed by atoms with van der Waals surface area (Å²) in [6, 6.07) is 16.9. The fourth-order valence-electron chi connectivity index (χ4n) is 3.96. The number of pyridine rings is 2. The van der Waals surface area contributed by atoms with E-state index in [1.807, 2.05) is 73.1 Å². The van der Waals surface area contributed by atoms with Crippen LogP contribution in [0.1, 0.15) is 16.1 Å². The summed E-state index contributed by atoms with van der Waals surface area (Å²) >= 11 is 1.25. The van der Waals surface area contributed by atoms with Gasteiger partial charge in [-0.3, -0.25) is 14.8 Å². The van der Waals surface area contributed by atoms with Crippen molar-refractivity contribution in [2.75, 3.05) is 12.9 Å². The van der Waals surface area contributed by atoms with E-state index in [0.29, 0.717) is 39.2 Å². The van der Waals surface area contributed by atoms with E-state index in [4.69, 9.17) is 9.72 Å². The third-order valence-corrected chi connectivity index (χ3v) is 6.63. The highest BCUT2D eigenvalue weighted by Crippen LogP contribution is 2.31. The van der Waals surface area contributed by atoms with Crippen LogP contribution >= 0.6 is 11.8 Å². The first kappa shape index (κ1) is 22.7. The minimum absolute atomic E-state index is 0.0110. The predicted molar refractivity (Wildman–Crippen MR) is 136 cm³/mol. The largest absolute Gasteiger partial charge is 0.497 e. The van der Waals surface area contributed by atoms with Gasteiger partial charge in [0.2, 0.25) is 5.16 Å². The van der Waals surface area contributed by atoms with Crippen LogP contribution in [0.4, 0.5) is 0 Å². The van der Waals surface area contributed by atoms with Crippen LogP contribution in [0.3, 0.4) is 0 Å². The zero-order valence-corrected chi connectivity index (χ0v) is 20.3. The number of ether oxygens (including phenoxy) is 1. The Morgan fingerprint density at radius 1 is 0.971 bits per heavy atom.